The summed E-state index contributed by atoms with van der Waals surface area (Å²) in [6.07, 6.45) is -7.90. The summed E-state index contributed by atoms with van der Waals surface area (Å²) in [4.78, 5) is 42.4. The van der Waals surface area contributed by atoms with Crippen molar-refractivity contribution >= 4 is 40.1 Å². The molecule has 0 spiro atoms. The van der Waals surface area contributed by atoms with Crippen LogP contribution in [0.1, 0.15) is 44.3 Å². The van der Waals surface area contributed by atoms with Gasteiger partial charge >= 0.3 is 18.3 Å². The minimum atomic E-state index is -5.08. The molecule has 1 aliphatic heterocycles. The molecule has 15 heteroatoms. The van der Waals surface area contributed by atoms with Gasteiger partial charge in [-0.2, -0.15) is 26.3 Å². The third-order valence-electron chi connectivity index (χ3n) is 7.81. The summed E-state index contributed by atoms with van der Waals surface area (Å²) in [6, 6.07) is 15.9. The van der Waals surface area contributed by atoms with Gasteiger partial charge < -0.3 is 25.6 Å². The number of hydrogen-bond donors (Lipinski definition) is 4. The Morgan fingerprint density at radius 3 is 2.15 bits per heavy atom. The average molecular weight is 678 g/mol. The molecule has 3 aromatic carbocycles. The number of halogens is 6. The molecular formula is C33H33F6N5O4. The van der Waals surface area contributed by atoms with E-state index in [2.05, 4.69) is 27.4 Å². The number of carboxylic acids is 1. The first kappa shape index (κ1) is 36.0. The number of carboxylic acid groups (broad SMARTS) is 1. The summed E-state index contributed by atoms with van der Waals surface area (Å²) in [6.45, 7) is 8.05. The molecule has 1 fully saturated rings. The van der Waals surface area contributed by atoms with Crippen molar-refractivity contribution in [1.82, 2.24) is 14.8 Å². The number of nitrogens with zero attached hydrogens (tertiary/aromatic N) is 2. The van der Waals surface area contributed by atoms with E-state index in [1.54, 1.807) is 37.4 Å². The van der Waals surface area contributed by atoms with E-state index in [4.69, 9.17) is 9.90 Å². The zero-order valence-electron chi connectivity index (χ0n) is 25.9. The van der Waals surface area contributed by atoms with Crippen LogP contribution < -0.4 is 10.6 Å². The second kappa shape index (κ2) is 14.9. The van der Waals surface area contributed by atoms with Gasteiger partial charge in [-0.05, 0) is 67.1 Å². The van der Waals surface area contributed by atoms with Crippen LogP contribution >= 0.6 is 0 Å². The molecule has 0 bridgehead atoms. The molecular weight excluding hydrogens is 644 g/mol. The minimum absolute atomic E-state index is 0.0483. The van der Waals surface area contributed by atoms with Crippen molar-refractivity contribution in [3.8, 4) is 0 Å². The van der Waals surface area contributed by atoms with Crippen LogP contribution in [0.2, 0.25) is 0 Å². The number of likely N-dealkylation sites (N-methyl/N-ethyl adjacent to an activating group) is 1. The van der Waals surface area contributed by atoms with Gasteiger partial charge in [0.1, 0.15) is 0 Å². The van der Waals surface area contributed by atoms with Crippen LogP contribution in [0.3, 0.4) is 0 Å². The SMILES string of the molecule is CCN1CCN(Cc2ccc(NC(=O)c3ccc(C)c(NC(=O)c4cccc5[nH]ccc45)c3)cc2C(F)(F)F)CC1.O=C(O)C(F)(F)F. The number of alkyl halides is 6. The van der Waals surface area contributed by atoms with Crippen molar-refractivity contribution in [3.05, 3.63) is 94.7 Å². The molecule has 2 heterocycles. The van der Waals surface area contributed by atoms with Gasteiger partial charge in [0, 0.05) is 72.3 Å². The first-order chi connectivity index (χ1) is 22.6. The number of carbonyl (C=O) groups excluding carboxylic acids is 2. The molecule has 5 rings (SSSR count). The van der Waals surface area contributed by atoms with E-state index < -0.39 is 29.8 Å². The second-order valence-electron chi connectivity index (χ2n) is 11.1. The van der Waals surface area contributed by atoms with Crippen LogP contribution in [0.4, 0.5) is 37.7 Å². The lowest BCUT2D eigenvalue weighted by Gasteiger charge is -2.34. The molecule has 0 saturated carbocycles. The first-order valence-corrected chi connectivity index (χ1v) is 14.8. The lowest BCUT2D eigenvalue weighted by molar-refractivity contribution is -0.192. The number of aromatic amines is 1. The highest BCUT2D eigenvalue weighted by Crippen LogP contribution is 2.35. The molecule has 0 unspecified atom stereocenters. The standard InChI is InChI=1S/C31H32F3N5O2.C2HF3O2/c1-3-38-13-15-39(16-14-38)19-22-9-10-23(18-26(22)31(32,33)34)36-29(40)21-8-7-20(2)28(17-21)37-30(41)25-5-4-6-27-24(25)11-12-35-27;3-2(4,5)1(6)7/h4-12,17-18,35H,3,13-16,19H2,1-2H3,(H,36,40)(H,37,41);(H,6,7). The minimum Gasteiger partial charge on any atom is -0.475 e. The maximum absolute atomic E-state index is 14.0. The molecule has 4 N–H and O–H groups in total. The zero-order valence-corrected chi connectivity index (χ0v) is 25.9. The molecule has 4 aromatic rings. The Bertz CT molecular complexity index is 1780. The van der Waals surface area contributed by atoms with Crippen molar-refractivity contribution in [3.63, 3.8) is 0 Å². The number of hydrogen-bond acceptors (Lipinski definition) is 5. The number of benzene rings is 3. The molecule has 0 atom stereocenters. The third-order valence-corrected chi connectivity index (χ3v) is 7.81. The van der Waals surface area contributed by atoms with Crippen LogP contribution in [0, 0.1) is 6.92 Å². The number of aromatic nitrogens is 1. The molecule has 1 aliphatic rings. The Morgan fingerprint density at radius 1 is 0.854 bits per heavy atom. The molecule has 1 saturated heterocycles. The second-order valence-corrected chi connectivity index (χ2v) is 11.1. The van der Waals surface area contributed by atoms with Crippen molar-refractivity contribution in [2.45, 2.75) is 32.7 Å². The summed E-state index contributed by atoms with van der Waals surface area (Å²) in [5.41, 5.74) is 2.15. The van der Waals surface area contributed by atoms with Crippen molar-refractivity contribution in [2.24, 2.45) is 0 Å². The lowest BCUT2D eigenvalue weighted by atomic mass is 10.0. The molecule has 0 aliphatic carbocycles. The molecule has 0 radical (unpaired) electrons. The monoisotopic (exact) mass is 677 g/mol. The van der Waals surface area contributed by atoms with Gasteiger partial charge in [-0.25, -0.2) is 4.79 Å². The Kier molecular flexibility index (Phi) is 11.2. The highest BCUT2D eigenvalue weighted by Gasteiger charge is 2.38. The van der Waals surface area contributed by atoms with E-state index in [1.165, 1.54) is 18.2 Å². The summed E-state index contributed by atoms with van der Waals surface area (Å²) in [5, 5.41) is 13.3. The van der Waals surface area contributed by atoms with E-state index in [1.807, 2.05) is 17.0 Å². The van der Waals surface area contributed by atoms with Gasteiger partial charge in [-0.1, -0.05) is 25.1 Å². The largest absolute Gasteiger partial charge is 0.490 e. The van der Waals surface area contributed by atoms with Crippen LogP contribution in [-0.2, 0) is 17.5 Å². The number of carbonyl (C=O) groups is 3. The maximum Gasteiger partial charge on any atom is 0.490 e. The van der Waals surface area contributed by atoms with Crippen LogP contribution in [0.5, 0.6) is 0 Å². The van der Waals surface area contributed by atoms with E-state index in [0.29, 0.717) is 24.3 Å². The molecule has 1 aromatic heterocycles. The molecule has 48 heavy (non-hydrogen) atoms. The topological polar surface area (TPSA) is 118 Å². The number of amides is 2. The maximum atomic E-state index is 14.0. The molecule has 2 amide bonds. The fourth-order valence-electron chi connectivity index (χ4n) is 5.13. The number of anilines is 2. The number of H-pyrrole nitrogens is 1. The Morgan fingerprint density at radius 2 is 1.52 bits per heavy atom. The van der Waals surface area contributed by atoms with E-state index in [9.17, 15) is 35.9 Å². The summed E-state index contributed by atoms with van der Waals surface area (Å²) in [7, 11) is 0. The smallest absolute Gasteiger partial charge is 0.475 e. The highest BCUT2D eigenvalue weighted by molar-refractivity contribution is 6.13. The third kappa shape index (κ3) is 9.13. The van der Waals surface area contributed by atoms with Gasteiger partial charge in [0.25, 0.3) is 11.8 Å². The number of aliphatic carboxylic acids is 1. The van der Waals surface area contributed by atoms with Crippen LogP contribution in [0.25, 0.3) is 10.9 Å². The predicted molar refractivity (Wildman–Crippen MR) is 168 cm³/mol. The normalized spacial score (nSPS) is 14.2. The Balaban J connectivity index is 0.000000671. The number of nitrogens with one attached hydrogen (secondary N) is 3. The van der Waals surface area contributed by atoms with Gasteiger partial charge in [0.05, 0.1) is 5.56 Å². The summed E-state index contributed by atoms with van der Waals surface area (Å²) >= 11 is 0. The van der Waals surface area contributed by atoms with Gasteiger partial charge in [0.15, 0.2) is 0 Å². The number of rotatable bonds is 7. The lowest BCUT2D eigenvalue weighted by Crippen LogP contribution is -2.45. The highest BCUT2D eigenvalue weighted by atomic mass is 19.4. The van der Waals surface area contributed by atoms with Gasteiger partial charge in [-0.15, -0.1) is 0 Å². The molecule has 256 valence electrons. The fraction of sp³-hybridized carbons (Fsp3) is 0.303. The molecule has 9 nitrogen and oxygen atoms in total. The van der Waals surface area contributed by atoms with Gasteiger partial charge in [0.2, 0.25) is 0 Å². The van der Waals surface area contributed by atoms with E-state index in [0.717, 1.165) is 42.2 Å². The van der Waals surface area contributed by atoms with Crippen molar-refractivity contribution in [2.75, 3.05) is 43.4 Å². The first-order valence-electron chi connectivity index (χ1n) is 14.8. The number of fused-ring (bicyclic) bond motifs is 1. The van der Waals surface area contributed by atoms with E-state index >= 15 is 0 Å². The zero-order chi connectivity index (χ0) is 35.2. The van der Waals surface area contributed by atoms with Crippen molar-refractivity contribution < 1.29 is 45.8 Å². The summed E-state index contributed by atoms with van der Waals surface area (Å²) in [5.74, 6) is -3.67. The fourth-order valence-corrected chi connectivity index (χ4v) is 5.13. The predicted octanol–water partition coefficient (Wildman–Crippen LogP) is 6.77. The Hall–Kier alpha value is -4.89. The van der Waals surface area contributed by atoms with E-state index in [-0.39, 0.29) is 29.3 Å². The van der Waals surface area contributed by atoms with Gasteiger partial charge in [-0.3, -0.25) is 14.5 Å². The van der Waals surface area contributed by atoms with Crippen molar-refractivity contribution in [1.29, 1.82) is 0 Å². The summed E-state index contributed by atoms with van der Waals surface area (Å²) < 4.78 is 73.8. The van der Waals surface area contributed by atoms with Crippen LogP contribution in [-0.4, -0.2) is 76.6 Å². The number of piperazine rings is 1. The van der Waals surface area contributed by atoms with Crippen LogP contribution in [0.15, 0.2) is 66.9 Å². The average Bonchev–Trinajstić information content (AvgIpc) is 3.52. The Labute approximate surface area is 271 Å². The number of aryl methyl sites for hydroxylation is 1. The quantitative estimate of drug-likeness (QED) is 0.161.